The van der Waals surface area contributed by atoms with E-state index in [-0.39, 0.29) is 23.0 Å². The number of benzene rings is 2. The fourth-order valence-electron chi connectivity index (χ4n) is 3.50. The van der Waals surface area contributed by atoms with Crippen molar-refractivity contribution in [3.8, 4) is 0 Å². The molecule has 1 fully saturated rings. The normalized spacial score (nSPS) is 14.5. The minimum atomic E-state index is -0.387. The molecule has 1 saturated heterocycles. The summed E-state index contributed by atoms with van der Waals surface area (Å²) in [5.41, 5.74) is 0.725. The van der Waals surface area contributed by atoms with Crippen molar-refractivity contribution in [2.24, 2.45) is 7.05 Å². The molecule has 2 heterocycles. The number of carbonyl (C=O) groups excluding carboxylic acids is 1. The maximum atomic E-state index is 13.6. The van der Waals surface area contributed by atoms with Gasteiger partial charge in [-0.15, -0.1) is 0 Å². The average Bonchev–Trinajstić information content (AvgIpc) is 2.69. The first-order chi connectivity index (χ1) is 13.4. The van der Waals surface area contributed by atoms with E-state index < -0.39 is 0 Å². The zero-order valence-corrected chi connectivity index (χ0v) is 16.0. The molecule has 3 aromatic rings. The molecule has 1 aliphatic rings. The van der Waals surface area contributed by atoms with Gasteiger partial charge in [0.1, 0.15) is 5.82 Å². The second-order valence-corrected chi connectivity index (χ2v) is 7.17. The van der Waals surface area contributed by atoms with Crippen LogP contribution in [-0.4, -0.2) is 46.8 Å². The molecule has 1 aliphatic heterocycles. The number of piperazine rings is 1. The Hall–Kier alpha value is -2.93. The second kappa shape index (κ2) is 7.24. The monoisotopic (exact) mass is 400 g/mol. The van der Waals surface area contributed by atoms with Gasteiger partial charge in [-0.2, -0.15) is 5.10 Å². The van der Waals surface area contributed by atoms with Crippen LogP contribution in [-0.2, 0) is 7.05 Å². The van der Waals surface area contributed by atoms with Crippen LogP contribution in [0, 0.1) is 5.82 Å². The van der Waals surface area contributed by atoms with E-state index in [0.717, 1.165) is 0 Å². The van der Waals surface area contributed by atoms with Crippen molar-refractivity contribution in [1.29, 1.82) is 0 Å². The Labute approximate surface area is 165 Å². The van der Waals surface area contributed by atoms with Crippen LogP contribution in [0.1, 0.15) is 10.5 Å². The van der Waals surface area contributed by atoms with E-state index in [9.17, 15) is 14.0 Å². The molecule has 144 valence electrons. The van der Waals surface area contributed by atoms with E-state index in [1.807, 2.05) is 4.90 Å². The SMILES string of the molecule is Cn1nc(C(=O)N2CCN(c3cc(F)cc(Cl)c3)CC2)c2ccccc2c1=O. The van der Waals surface area contributed by atoms with Crippen LogP contribution in [0.2, 0.25) is 5.02 Å². The van der Waals surface area contributed by atoms with E-state index in [1.54, 1.807) is 35.2 Å². The molecule has 28 heavy (non-hydrogen) atoms. The average molecular weight is 401 g/mol. The summed E-state index contributed by atoms with van der Waals surface area (Å²) >= 11 is 5.94. The van der Waals surface area contributed by atoms with Crippen molar-refractivity contribution < 1.29 is 9.18 Å². The van der Waals surface area contributed by atoms with Crippen LogP contribution in [0.3, 0.4) is 0 Å². The summed E-state index contributed by atoms with van der Waals surface area (Å²) in [6.45, 7) is 2.03. The highest BCUT2D eigenvalue weighted by molar-refractivity contribution is 6.30. The Bertz CT molecular complexity index is 1100. The Balaban J connectivity index is 1.57. The minimum Gasteiger partial charge on any atom is -0.368 e. The van der Waals surface area contributed by atoms with E-state index >= 15 is 0 Å². The lowest BCUT2D eigenvalue weighted by Crippen LogP contribution is -2.49. The van der Waals surface area contributed by atoms with Gasteiger partial charge in [0, 0.05) is 49.3 Å². The van der Waals surface area contributed by atoms with Gasteiger partial charge in [-0.1, -0.05) is 29.8 Å². The van der Waals surface area contributed by atoms with E-state index in [2.05, 4.69) is 5.10 Å². The van der Waals surface area contributed by atoms with Crippen molar-refractivity contribution in [3.05, 3.63) is 69.4 Å². The number of hydrogen-bond donors (Lipinski definition) is 0. The largest absolute Gasteiger partial charge is 0.368 e. The molecule has 8 heteroatoms. The van der Waals surface area contributed by atoms with Crippen LogP contribution >= 0.6 is 11.6 Å². The molecular weight excluding hydrogens is 383 g/mol. The molecule has 0 unspecified atom stereocenters. The smallest absolute Gasteiger partial charge is 0.275 e. The maximum Gasteiger partial charge on any atom is 0.275 e. The zero-order chi connectivity index (χ0) is 19.8. The van der Waals surface area contributed by atoms with Crippen molar-refractivity contribution in [2.75, 3.05) is 31.1 Å². The third-order valence-corrected chi connectivity index (χ3v) is 5.16. The number of fused-ring (bicyclic) bond motifs is 1. The van der Waals surface area contributed by atoms with Gasteiger partial charge in [0.2, 0.25) is 0 Å². The third-order valence-electron chi connectivity index (χ3n) is 4.94. The summed E-state index contributed by atoms with van der Waals surface area (Å²) in [7, 11) is 1.54. The minimum absolute atomic E-state index is 0.219. The molecule has 0 radical (unpaired) electrons. The third kappa shape index (κ3) is 3.33. The number of aryl methyl sites for hydroxylation is 1. The Morgan fingerprint density at radius 2 is 1.75 bits per heavy atom. The summed E-state index contributed by atoms with van der Waals surface area (Å²) in [5.74, 6) is -0.606. The standard InChI is InChI=1S/C20H18ClFN4O2/c1-24-19(27)17-5-3-2-4-16(17)18(23-24)20(28)26-8-6-25(7-9-26)15-11-13(21)10-14(22)12-15/h2-5,10-12H,6-9H2,1H3. The molecule has 0 aliphatic carbocycles. The molecule has 0 atom stereocenters. The lowest BCUT2D eigenvalue weighted by Gasteiger charge is -2.36. The maximum absolute atomic E-state index is 13.6. The second-order valence-electron chi connectivity index (χ2n) is 6.73. The molecule has 4 rings (SSSR count). The molecule has 1 amide bonds. The summed E-state index contributed by atoms with van der Waals surface area (Å²) in [6.07, 6.45) is 0. The van der Waals surface area contributed by atoms with Gasteiger partial charge in [-0.3, -0.25) is 9.59 Å². The van der Waals surface area contributed by atoms with Crippen molar-refractivity contribution in [1.82, 2.24) is 14.7 Å². The van der Waals surface area contributed by atoms with Crippen molar-refractivity contribution in [3.63, 3.8) is 0 Å². The quantitative estimate of drug-likeness (QED) is 0.663. The van der Waals surface area contributed by atoms with Gasteiger partial charge in [0.25, 0.3) is 11.5 Å². The number of aromatic nitrogens is 2. The van der Waals surface area contributed by atoms with Crippen LogP contribution in [0.25, 0.3) is 10.8 Å². The number of anilines is 1. The number of nitrogens with zero attached hydrogens (tertiary/aromatic N) is 4. The lowest BCUT2D eigenvalue weighted by atomic mass is 10.1. The summed E-state index contributed by atoms with van der Waals surface area (Å²) in [6, 6.07) is 11.4. The van der Waals surface area contributed by atoms with Crippen molar-refractivity contribution >= 4 is 34.0 Å². The highest BCUT2D eigenvalue weighted by Crippen LogP contribution is 2.23. The summed E-state index contributed by atoms with van der Waals surface area (Å²) < 4.78 is 14.8. The molecule has 6 nitrogen and oxygen atoms in total. The molecule has 2 aromatic carbocycles. The molecule has 0 bridgehead atoms. The number of hydrogen-bond acceptors (Lipinski definition) is 4. The Morgan fingerprint density at radius 1 is 1.07 bits per heavy atom. The fraction of sp³-hybridized carbons (Fsp3) is 0.250. The summed E-state index contributed by atoms with van der Waals surface area (Å²) in [5, 5.41) is 5.57. The van der Waals surface area contributed by atoms with Gasteiger partial charge < -0.3 is 9.80 Å². The highest BCUT2D eigenvalue weighted by Gasteiger charge is 2.26. The van der Waals surface area contributed by atoms with Crippen LogP contribution in [0.5, 0.6) is 0 Å². The van der Waals surface area contributed by atoms with Gasteiger partial charge in [0.15, 0.2) is 5.69 Å². The molecule has 1 aromatic heterocycles. The molecule has 0 saturated carbocycles. The predicted octanol–water partition coefficient (Wildman–Crippen LogP) is 2.69. The topological polar surface area (TPSA) is 58.4 Å². The van der Waals surface area contributed by atoms with Gasteiger partial charge in [-0.05, 0) is 24.3 Å². The van der Waals surface area contributed by atoms with Gasteiger partial charge in [0.05, 0.1) is 5.39 Å². The first-order valence-corrected chi connectivity index (χ1v) is 9.28. The molecule has 0 spiro atoms. The van der Waals surface area contributed by atoms with Gasteiger partial charge >= 0.3 is 0 Å². The highest BCUT2D eigenvalue weighted by atomic mass is 35.5. The van der Waals surface area contributed by atoms with Crippen LogP contribution < -0.4 is 10.5 Å². The fourth-order valence-corrected chi connectivity index (χ4v) is 3.71. The Kier molecular flexibility index (Phi) is 4.77. The Morgan fingerprint density at radius 3 is 2.43 bits per heavy atom. The zero-order valence-electron chi connectivity index (χ0n) is 15.2. The number of halogens is 2. The molecular formula is C20H18ClFN4O2. The van der Waals surface area contributed by atoms with Gasteiger partial charge in [-0.25, -0.2) is 9.07 Å². The van der Waals surface area contributed by atoms with Crippen LogP contribution in [0.4, 0.5) is 10.1 Å². The molecule has 0 N–H and O–H groups in total. The van der Waals surface area contributed by atoms with E-state index in [4.69, 9.17) is 11.6 Å². The predicted molar refractivity (Wildman–Crippen MR) is 107 cm³/mol. The van der Waals surface area contributed by atoms with Crippen molar-refractivity contribution in [2.45, 2.75) is 0 Å². The first kappa shape index (κ1) is 18.4. The number of carbonyl (C=O) groups is 1. The van der Waals surface area contributed by atoms with Crippen LogP contribution in [0.15, 0.2) is 47.3 Å². The number of amides is 1. The first-order valence-electron chi connectivity index (χ1n) is 8.90. The lowest BCUT2D eigenvalue weighted by molar-refractivity contribution is 0.0740. The summed E-state index contributed by atoms with van der Waals surface area (Å²) in [4.78, 5) is 29.0. The van der Waals surface area contributed by atoms with E-state index in [0.29, 0.717) is 47.7 Å². The number of rotatable bonds is 2. The van der Waals surface area contributed by atoms with E-state index in [1.165, 1.54) is 23.9 Å².